The number of aromatic nitrogens is 3. The maximum Gasteiger partial charge on any atom is 0.0852 e. The summed E-state index contributed by atoms with van der Waals surface area (Å²) >= 11 is 0. The fourth-order valence-corrected chi connectivity index (χ4v) is 0.883. The zero-order valence-electron chi connectivity index (χ0n) is 7.41. The minimum atomic E-state index is 0.487. The molecular weight excluding hydrogens is 138 g/mol. The second kappa shape index (κ2) is 3.51. The topological polar surface area (TPSA) is 30.7 Å². The van der Waals surface area contributed by atoms with E-state index in [0.717, 1.165) is 18.7 Å². The maximum absolute atomic E-state index is 4.31. The van der Waals surface area contributed by atoms with E-state index in [-0.39, 0.29) is 0 Å². The standard InChI is InChI=1S/C8H15N3/c1-4-5-11-9-6-8(10-11)7(2)3/h6-7H,4-5H2,1-3H3. The number of rotatable bonds is 3. The Morgan fingerprint density at radius 3 is 2.73 bits per heavy atom. The van der Waals surface area contributed by atoms with Crippen LogP contribution in [0.1, 0.15) is 38.8 Å². The summed E-state index contributed by atoms with van der Waals surface area (Å²) in [6.07, 6.45) is 2.94. The molecule has 0 aliphatic heterocycles. The molecular formula is C8H15N3. The van der Waals surface area contributed by atoms with Gasteiger partial charge in [0.05, 0.1) is 18.4 Å². The largest absolute Gasteiger partial charge is 0.185 e. The van der Waals surface area contributed by atoms with Crippen molar-refractivity contribution in [3.8, 4) is 0 Å². The zero-order valence-corrected chi connectivity index (χ0v) is 7.41. The summed E-state index contributed by atoms with van der Waals surface area (Å²) in [5.41, 5.74) is 1.08. The molecule has 0 atom stereocenters. The van der Waals surface area contributed by atoms with E-state index in [2.05, 4.69) is 31.0 Å². The molecule has 0 aliphatic carbocycles. The summed E-state index contributed by atoms with van der Waals surface area (Å²) in [7, 11) is 0. The summed E-state index contributed by atoms with van der Waals surface area (Å²) in [6.45, 7) is 7.30. The lowest BCUT2D eigenvalue weighted by Crippen LogP contribution is -2.01. The molecule has 0 saturated carbocycles. The predicted octanol–water partition coefficient (Wildman–Crippen LogP) is 1.81. The Balaban J connectivity index is 2.66. The summed E-state index contributed by atoms with van der Waals surface area (Å²) in [5, 5.41) is 8.44. The highest BCUT2D eigenvalue weighted by atomic mass is 15.5. The fraction of sp³-hybridized carbons (Fsp3) is 0.750. The van der Waals surface area contributed by atoms with E-state index in [0.29, 0.717) is 5.92 Å². The van der Waals surface area contributed by atoms with E-state index in [1.807, 2.05) is 6.20 Å². The molecule has 1 aromatic rings. The van der Waals surface area contributed by atoms with E-state index in [4.69, 9.17) is 0 Å². The average Bonchev–Trinajstić information content (AvgIpc) is 2.37. The van der Waals surface area contributed by atoms with Crippen molar-refractivity contribution < 1.29 is 0 Å². The van der Waals surface area contributed by atoms with E-state index in [1.54, 1.807) is 4.80 Å². The fourth-order valence-electron chi connectivity index (χ4n) is 0.883. The molecule has 62 valence electrons. The summed E-state index contributed by atoms with van der Waals surface area (Å²) in [6, 6.07) is 0. The minimum Gasteiger partial charge on any atom is -0.185 e. The first-order chi connectivity index (χ1) is 5.24. The number of aryl methyl sites for hydroxylation is 1. The molecule has 3 heteroatoms. The maximum atomic E-state index is 4.31. The first kappa shape index (κ1) is 8.24. The SMILES string of the molecule is CCCn1ncc(C(C)C)n1. The molecule has 0 bridgehead atoms. The third kappa shape index (κ3) is 2.03. The molecule has 0 fully saturated rings. The highest BCUT2D eigenvalue weighted by Crippen LogP contribution is 2.08. The van der Waals surface area contributed by atoms with E-state index in [1.165, 1.54) is 0 Å². The Labute approximate surface area is 67.4 Å². The van der Waals surface area contributed by atoms with Crippen molar-refractivity contribution in [1.29, 1.82) is 0 Å². The minimum absolute atomic E-state index is 0.487. The van der Waals surface area contributed by atoms with Crippen LogP contribution in [0.5, 0.6) is 0 Å². The second-order valence-corrected chi connectivity index (χ2v) is 3.02. The van der Waals surface area contributed by atoms with Crippen molar-refractivity contribution in [2.24, 2.45) is 0 Å². The normalized spacial score (nSPS) is 10.9. The van der Waals surface area contributed by atoms with Gasteiger partial charge in [-0.3, -0.25) is 0 Å². The van der Waals surface area contributed by atoms with Gasteiger partial charge in [-0.25, -0.2) is 0 Å². The van der Waals surface area contributed by atoms with Crippen molar-refractivity contribution in [1.82, 2.24) is 15.0 Å². The van der Waals surface area contributed by atoms with Crippen LogP contribution in [0.15, 0.2) is 6.20 Å². The van der Waals surface area contributed by atoms with Crippen LogP contribution in [0.4, 0.5) is 0 Å². The highest BCUT2D eigenvalue weighted by Gasteiger charge is 2.02. The molecule has 3 nitrogen and oxygen atoms in total. The molecule has 11 heavy (non-hydrogen) atoms. The summed E-state index contributed by atoms with van der Waals surface area (Å²) < 4.78 is 0. The number of hydrogen-bond acceptors (Lipinski definition) is 2. The Kier molecular flexibility index (Phi) is 2.63. The van der Waals surface area contributed by atoms with Gasteiger partial charge in [-0.2, -0.15) is 15.0 Å². The van der Waals surface area contributed by atoms with Crippen LogP contribution in [-0.2, 0) is 6.54 Å². The molecule has 1 aromatic heterocycles. The van der Waals surface area contributed by atoms with Gasteiger partial charge in [0.2, 0.25) is 0 Å². The van der Waals surface area contributed by atoms with E-state index < -0.39 is 0 Å². The van der Waals surface area contributed by atoms with Gasteiger partial charge >= 0.3 is 0 Å². The van der Waals surface area contributed by atoms with Gasteiger partial charge in [0.15, 0.2) is 0 Å². The zero-order chi connectivity index (χ0) is 8.27. The molecule has 1 rings (SSSR count). The second-order valence-electron chi connectivity index (χ2n) is 3.02. The molecule has 0 spiro atoms. The van der Waals surface area contributed by atoms with Crippen LogP contribution >= 0.6 is 0 Å². The van der Waals surface area contributed by atoms with Crippen LogP contribution in [0.25, 0.3) is 0 Å². The third-order valence-corrected chi connectivity index (χ3v) is 1.57. The number of hydrogen-bond donors (Lipinski definition) is 0. The van der Waals surface area contributed by atoms with Crippen LogP contribution in [0.2, 0.25) is 0 Å². The molecule has 0 N–H and O–H groups in total. The predicted molar refractivity (Wildman–Crippen MR) is 44.4 cm³/mol. The quantitative estimate of drug-likeness (QED) is 0.663. The monoisotopic (exact) mass is 153 g/mol. The van der Waals surface area contributed by atoms with Gasteiger partial charge in [0, 0.05) is 0 Å². The first-order valence-electron chi connectivity index (χ1n) is 4.14. The molecule has 0 aliphatic rings. The van der Waals surface area contributed by atoms with Crippen LogP contribution in [-0.4, -0.2) is 15.0 Å². The molecule has 0 amide bonds. The molecule has 0 radical (unpaired) electrons. The van der Waals surface area contributed by atoms with Crippen molar-refractivity contribution in [2.75, 3.05) is 0 Å². The van der Waals surface area contributed by atoms with Gasteiger partial charge in [0.25, 0.3) is 0 Å². The van der Waals surface area contributed by atoms with Crippen LogP contribution < -0.4 is 0 Å². The van der Waals surface area contributed by atoms with Gasteiger partial charge in [0.1, 0.15) is 0 Å². The molecule has 0 saturated heterocycles. The van der Waals surface area contributed by atoms with Gasteiger partial charge in [-0.15, -0.1) is 0 Å². The smallest absolute Gasteiger partial charge is 0.0852 e. The Hall–Kier alpha value is -0.860. The van der Waals surface area contributed by atoms with Crippen molar-refractivity contribution in [2.45, 2.75) is 39.7 Å². The van der Waals surface area contributed by atoms with E-state index in [9.17, 15) is 0 Å². The van der Waals surface area contributed by atoms with Gasteiger partial charge in [-0.1, -0.05) is 20.8 Å². The lowest BCUT2D eigenvalue weighted by atomic mass is 10.2. The van der Waals surface area contributed by atoms with Crippen molar-refractivity contribution in [3.63, 3.8) is 0 Å². The summed E-state index contributed by atoms with van der Waals surface area (Å²) in [4.78, 5) is 1.76. The molecule has 0 unspecified atom stereocenters. The molecule has 0 aromatic carbocycles. The third-order valence-electron chi connectivity index (χ3n) is 1.57. The average molecular weight is 153 g/mol. The van der Waals surface area contributed by atoms with Crippen molar-refractivity contribution in [3.05, 3.63) is 11.9 Å². The Bertz CT molecular complexity index is 215. The van der Waals surface area contributed by atoms with Crippen LogP contribution in [0.3, 0.4) is 0 Å². The van der Waals surface area contributed by atoms with Crippen LogP contribution in [0, 0.1) is 0 Å². The lowest BCUT2D eigenvalue weighted by molar-refractivity contribution is 0.521. The van der Waals surface area contributed by atoms with Crippen molar-refractivity contribution >= 4 is 0 Å². The first-order valence-corrected chi connectivity index (χ1v) is 4.14. The Morgan fingerprint density at radius 2 is 2.27 bits per heavy atom. The van der Waals surface area contributed by atoms with Gasteiger partial charge in [-0.05, 0) is 12.3 Å². The lowest BCUT2D eigenvalue weighted by Gasteiger charge is -1.96. The van der Waals surface area contributed by atoms with E-state index >= 15 is 0 Å². The number of nitrogens with zero attached hydrogens (tertiary/aromatic N) is 3. The Morgan fingerprint density at radius 1 is 1.55 bits per heavy atom. The highest BCUT2D eigenvalue weighted by molar-refractivity contribution is 4.97. The van der Waals surface area contributed by atoms with Gasteiger partial charge < -0.3 is 0 Å². The summed E-state index contributed by atoms with van der Waals surface area (Å²) in [5.74, 6) is 0.487. The molecule has 1 heterocycles.